The topological polar surface area (TPSA) is 110 Å². The number of aromatic nitrogens is 3. The van der Waals surface area contributed by atoms with Gasteiger partial charge in [0.25, 0.3) is 0 Å². The fraction of sp³-hybridized carbons (Fsp3) is 0.700. The Kier molecular flexibility index (Phi) is 5.07. The molecule has 0 bridgehead atoms. The van der Waals surface area contributed by atoms with E-state index in [2.05, 4.69) is 30.6 Å². The van der Waals surface area contributed by atoms with E-state index < -0.39 is 0 Å². The van der Waals surface area contributed by atoms with Crippen molar-refractivity contribution in [1.29, 1.82) is 0 Å². The summed E-state index contributed by atoms with van der Waals surface area (Å²) in [7, 11) is 1.49. The van der Waals surface area contributed by atoms with E-state index in [4.69, 9.17) is 15.3 Å². The molecule has 1 aliphatic rings. The number of anilines is 2. The molecule has 2 heterocycles. The first kappa shape index (κ1) is 13.7. The Labute approximate surface area is 111 Å². The monoisotopic (exact) mass is 269 g/mol. The first-order valence-electron chi connectivity index (χ1n) is 6.12. The van der Waals surface area contributed by atoms with Crippen LogP contribution in [0.3, 0.4) is 0 Å². The highest BCUT2D eigenvalue weighted by molar-refractivity contribution is 5.34. The molecule has 106 valence electrons. The number of methoxy groups -OCH3 is 1. The lowest BCUT2D eigenvalue weighted by Gasteiger charge is -2.26. The fourth-order valence-corrected chi connectivity index (χ4v) is 1.74. The van der Waals surface area contributed by atoms with Crippen molar-refractivity contribution in [3.8, 4) is 6.01 Å². The largest absolute Gasteiger partial charge is 0.467 e. The number of nitrogen functional groups attached to an aromatic ring is 1. The Balaban J connectivity index is 1.84. The molecule has 0 amide bonds. The van der Waals surface area contributed by atoms with Gasteiger partial charge in [0.15, 0.2) is 0 Å². The molecule has 0 atom stereocenters. The van der Waals surface area contributed by atoms with Gasteiger partial charge in [0.2, 0.25) is 11.9 Å². The van der Waals surface area contributed by atoms with Crippen LogP contribution in [-0.4, -0.2) is 66.4 Å². The smallest absolute Gasteiger partial charge is 0.322 e. The van der Waals surface area contributed by atoms with E-state index in [1.165, 1.54) is 7.11 Å². The van der Waals surface area contributed by atoms with Crippen LogP contribution in [0.25, 0.3) is 0 Å². The minimum absolute atomic E-state index is 0.219. The highest BCUT2D eigenvalue weighted by atomic mass is 16.5. The standard InChI is InChI=1S/C10H19N7O2/c1-18-10-14-8(13-9(15-10)16-11)12-2-3-17-4-6-19-7-5-17/h2-7,11H2,1H3,(H2,12,13,14,15,16). The highest BCUT2D eigenvalue weighted by Crippen LogP contribution is 2.09. The van der Waals surface area contributed by atoms with Crippen molar-refractivity contribution in [3.05, 3.63) is 0 Å². The van der Waals surface area contributed by atoms with Gasteiger partial charge in [0, 0.05) is 26.2 Å². The molecule has 2 rings (SSSR count). The summed E-state index contributed by atoms with van der Waals surface area (Å²) in [6.45, 7) is 5.14. The van der Waals surface area contributed by atoms with Crippen molar-refractivity contribution < 1.29 is 9.47 Å². The summed E-state index contributed by atoms with van der Waals surface area (Å²) < 4.78 is 10.3. The van der Waals surface area contributed by atoms with Crippen molar-refractivity contribution in [2.45, 2.75) is 0 Å². The van der Waals surface area contributed by atoms with Gasteiger partial charge in [0.05, 0.1) is 20.3 Å². The lowest BCUT2D eigenvalue weighted by atomic mass is 10.4. The number of nitrogens with two attached hydrogens (primary N) is 1. The number of hydrazine groups is 1. The molecule has 0 spiro atoms. The molecule has 0 saturated carbocycles. The summed E-state index contributed by atoms with van der Waals surface area (Å²) in [6.07, 6.45) is 0. The van der Waals surface area contributed by atoms with Crippen molar-refractivity contribution in [3.63, 3.8) is 0 Å². The van der Waals surface area contributed by atoms with Crippen LogP contribution in [0.1, 0.15) is 0 Å². The van der Waals surface area contributed by atoms with Crippen LogP contribution in [0.4, 0.5) is 11.9 Å². The van der Waals surface area contributed by atoms with Gasteiger partial charge in [-0.2, -0.15) is 15.0 Å². The van der Waals surface area contributed by atoms with E-state index in [1.807, 2.05) is 0 Å². The van der Waals surface area contributed by atoms with E-state index in [-0.39, 0.29) is 12.0 Å². The van der Waals surface area contributed by atoms with Crippen LogP contribution < -0.4 is 21.3 Å². The molecule has 0 aromatic carbocycles. The molecule has 1 aliphatic heterocycles. The van der Waals surface area contributed by atoms with Crippen molar-refractivity contribution >= 4 is 11.9 Å². The first-order valence-corrected chi connectivity index (χ1v) is 6.12. The molecule has 19 heavy (non-hydrogen) atoms. The number of hydrogen-bond acceptors (Lipinski definition) is 9. The lowest BCUT2D eigenvalue weighted by molar-refractivity contribution is 0.0398. The van der Waals surface area contributed by atoms with Crippen LogP contribution in [0.2, 0.25) is 0 Å². The maximum absolute atomic E-state index is 5.29. The maximum atomic E-state index is 5.29. The molecule has 0 radical (unpaired) electrons. The van der Waals surface area contributed by atoms with Gasteiger partial charge < -0.3 is 14.8 Å². The average Bonchev–Trinajstić information content (AvgIpc) is 2.48. The number of ether oxygens (including phenoxy) is 2. The van der Waals surface area contributed by atoms with Crippen LogP contribution in [0, 0.1) is 0 Å². The Hall–Kier alpha value is -1.71. The summed E-state index contributed by atoms with van der Waals surface area (Å²) in [4.78, 5) is 14.4. The third kappa shape index (κ3) is 4.16. The number of hydrogen-bond donors (Lipinski definition) is 3. The number of rotatable bonds is 6. The van der Waals surface area contributed by atoms with Gasteiger partial charge in [0.1, 0.15) is 0 Å². The molecular weight excluding hydrogens is 250 g/mol. The van der Waals surface area contributed by atoms with Crippen LogP contribution in [0.15, 0.2) is 0 Å². The van der Waals surface area contributed by atoms with E-state index in [0.717, 1.165) is 39.4 Å². The second kappa shape index (κ2) is 7.02. The third-order valence-electron chi connectivity index (χ3n) is 2.74. The summed E-state index contributed by atoms with van der Waals surface area (Å²) in [6, 6.07) is 0.219. The van der Waals surface area contributed by atoms with Crippen LogP contribution in [0.5, 0.6) is 6.01 Å². The molecule has 1 fully saturated rings. The van der Waals surface area contributed by atoms with Gasteiger partial charge in [-0.15, -0.1) is 0 Å². The SMILES string of the molecule is COc1nc(NN)nc(NCCN2CCOCC2)n1. The Bertz CT molecular complexity index is 375. The quantitative estimate of drug-likeness (QED) is 0.438. The van der Waals surface area contributed by atoms with Crippen molar-refractivity contribution in [2.75, 3.05) is 57.2 Å². The normalized spacial score (nSPS) is 16.1. The zero-order valence-electron chi connectivity index (χ0n) is 10.9. The summed E-state index contributed by atoms with van der Waals surface area (Å²) in [5.41, 5.74) is 2.37. The van der Waals surface area contributed by atoms with Gasteiger partial charge in [-0.3, -0.25) is 10.3 Å². The first-order chi connectivity index (χ1) is 9.31. The van der Waals surface area contributed by atoms with Crippen molar-refractivity contribution in [1.82, 2.24) is 19.9 Å². The van der Waals surface area contributed by atoms with Gasteiger partial charge >= 0.3 is 6.01 Å². The molecule has 9 nitrogen and oxygen atoms in total. The maximum Gasteiger partial charge on any atom is 0.322 e. The predicted molar refractivity (Wildman–Crippen MR) is 69.9 cm³/mol. The van der Waals surface area contributed by atoms with Gasteiger partial charge in [-0.25, -0.2) is 5.84 Å². The van der Waals surface area contributed by atoms with Gasteiger partial charge in [-0.1, -0.05) is 0 Å². The molecule has 0 aliphatic carbocycles. The van der Waals surface area contributed by atoms with E-state index in [0.29, 0.717) is 5.95 Å². The van der Waals surface area contributed by atoms with E-state index >= 15 is 0 Å². The highest BCUT2D eigenvalue weighted by Gasteiger charge is 2.10. The average molecular weight is 269 g/mol. The van der Waals surface area contributed by atoms with Crippen LogP contribution >= 0.6 is 0 Å². The Morgan fingerprint density at radius 2 is 2.00 bits per heavy atom. The molecule has 0 unspecified atom stereocenters. The summed E-state index contributed by atoms with van der Waals surface area (Å²) in [5, 5.41) is 3.12. The second-order valence-corrected chi connectivity index (χ2v) is 3.99. The third-order valence-corrected chi connectivity index (χ3v) is 2.74. The number of nitrogens with one attached hydrogen (secondary N) is 2. The van der Waals surface area contributed by atoms with E-state index in [9.17, 15) is 0 Å². The molecule has 1 aromatic heterocycles. The minimum Gasteiger partial charge on any atom is -0.467 e. The zero-order chi connectivity index (χ0) is 13.5. The van der Waals surface area contributed by atoms with Crippen LogP contribution in [-0.2, 0) is 4.74 Å². The van der Waals surface area contributed by atoms with Crippen molar-refractivity contribution in [2.24, 2.45) is 5.84 Å². The molecule has 1 aromatic rings. The number of morpholine rings is 1. The zero-order valence-corrected chi connectivity index (χ0v) is 10.9. The lowest BCUT2D eigenvalue weighted by Crippen LogP contribution is -2.39. The van der Waals surface area contributed by atoms with Gasteiger partial charge in [-0.05, 0) is 0 Å². The molecular formula is C10H19N7O2. The Morgan fingerprint density at radius 3 is 2.68 bits per heavy atom. The molecule has 1 saturated heterocycles. The molecule has 9 heteroatoms. The summed E-state index contributed by atoms with van der Waals surface area (Å²) >= 11 is 0. The summed E-state index contributed by atoms with van der Waals surface area (Å²) in [5.74, 6) is 5.98. The minimum atomic E-state index is 0.219. The van der Waals surface area contributed by atoms with E-state index in [1.54, 1.807) is 0 Å². The second-order valence-electron chi connectivity index (χ2n) is 3.99. The number of nitrogens with zero attached hydrogens (tertiary/aromatic N) is 4. The molecule has 4 N–H and O–H groups in total. The fourth-order valence-electron chi connectivity index (χ4n) is 1.74. The predicted octanol–water partition coefficient (Wildman–Crippen LogP) is -1.09. The Morgan fingerprint density at radius 1 is 1.26 bits per heavy atom.